The lowest BCUT2D eigenvalue weighted by Gasteiger charge is -2.07. The molecule has 3 heteroatoms. The van der Waals surface area contributed by atoms with Gasteiger partial charge in [0.05, 0.1) is 0 Å². The largest absolute Gasteiger partial charge is 0.326 e. The van der Waals surface area contributed by atoms with Gasteiger partial charge in [-0.05, 0) is 17.5 Å². The summed E-state index contributed by atoms with van der Waals surface area (Å²) in [6.45, 7) is 4.99. The fourth-order valence-electron chi connectivity index (χ4n) is 0.955. The third-order valence-corrected chi connectivity index (χ3v) is 3.10. The van der Waals surface area contributed by atoms with Gasteiger partial charge in [-0.2, -0.15) is 0 Å². The Labute approximate surface area is 83.9 Å². The van der Waals surface area contributed by atoms with E-state index in [1.165, 1.54) is 0 Å². The molecule has 0 unspecified atom stereocenters. The van der Waals surface area contributed by atoms with Gasteiger partial charge in [0.1, 0.15) is 5.03 Å². The van der Waals surface area contributed by atoms with Crippen LogP contribution in [0.3, 0.4) is 0 Å². The van der Waals surface area contributed by atoms with Crippen molar-refractivity contribution < 1.29 is 0 Å². The molecule has 2 nitrogen and oxygen atoms in total. The predicted molar refractivity (Wildman–Crippen MR) is 57.7 cm³/mol. The summed E-state index contributed by atoms with van der Waals surface area (Å²) >= 11 is 1.79. The van der Waals surface area contributed by atoms with Crippen molar-refractivity contribution in [2.24, 2.45) is 11.7 Å². The molecule has 1 aromatic heterocycles. The summed E-state index contributed by atoms with van der Waals surface area (Å²) in [4.78, 5) is 4.30. The highest BCUT2D eigenvalue weighted by molar-refractivity contribution is 7.99. The van der Waals surface area contributed by atoms with Gasteiger partial charge in [-0.1, -0.05) is 19.9 Å². The summed E-state index contributed by atoms with van der Waals surface area (Å²) in [7, 11) is 0. The number of rotatable bonds is 4. The van der Waals surface area contributed by atoms with Gasteiger partial charge in [0.25, 0.3) is 0 Å². The summed E-state index contributed by atoms with van der Waals surface area (Å²) in [5.74, 6) is 1.79. The molecule has 1 aromatic rings. The van der Waals surface area contributed by atoms with Crippen molar-refractivity contribution in [2.75, 3.05) is 5.75 Å². The van der Waals surface area contributed by atoms with Crippen LogP contribution >= 0.6 is 11.8 Å². The van der Waals surface area contributed by atoms with Crippen LogP contribution in [0.2, 0.25) is 0 Å². The normalized spacial score (nSPS) is 10.8. The van der Waals surface area contributed by atoms with Crippen LogP contribution in [0, 0.1) is 5.92 Å². The van der Waals surface area contributed by atoms with Crippen molar-refractivity contribution in [3.63, 3.8) is 0 Å². The monoisotopic (exact) mass is 196 g/mol. The Morgan fingerprint density at radius 1 is 1.54 bits per heavy atom. The molecular formula is C10H16N2S. The molecule has 13 heavy (non-hydrogen) atoms. The summed E-state index contributed by atoms with van der Waals surface area (Å²) in [5, 5.41) is 1.08. The number of nitrogens with two attached hydrogens (primary N) is 1. The number of aromatic nitrogens is 1. The van der Waals surface area contributed by atoms with Crippen LogP contribution < -0.4 is 5.73 Å². The van der Waals surface area contributed by atoms with Crippen LogP contribution in [0.5, 0.6) is 0 Å². The lowest BCUT2D eigenvalue weighted by molar-refractivity contribution is 0.749. The van der Waals surface area contributed by atoms with Crippen LogP contribution in [-0.4, -0.2) is 10.7 Å². The Kier molecular flexibility index (Phi) is 4.25. The molecule has 0 bridgehead atoms. The second kappa shape index (κ2) is 5.25. The van der Waals surface area contributed by atoms with Crippen molar-refractivity contribution in [1.29, 1.82) is 0 Å². The van der Waals surface area contributed by atoms with Crippen LogP contribution in [0.25, 0.3) is 0 Å². The lowest BCUT2D eigenvalue weighted by atomic mass is 10.3. The standard InChI is InChI=1S/C10H16N2S/c1-8(2)7-13-10-9(6-11)4-3-5-12-10/h3-5,8H,6-7,11H2,1-2H3. The topological polar surface area (TPSA) is 38.9 Å². The van der Waals surface area contributed by atoms with Gasteiger partial charge in [-0.15, -0.1) is 11.8 Å². The molecule has 72 valence electrons. The van der Waals surface area contributed by atoms with Crippen molar-refractivity contribution in [3.8, 4) is 0 Å². The van der Waals surface area contributed by atoms with E-state index < -0.39 is 0 Å². The van der Waals surface area contributed by atoms with E-state index in [1.807, 2.05) is 18.3 Å². The molecule has 0 aliphatic rings. The molecule has 0 saturated carbocycles. The van der Waals surface area contributed by atoms with E-state index in [2.05, 4.69) is 18.8 Å². The molecule has 0 radical (unpaired) electrons. The third kappa shape index (κ3) is 3.36. The van der Waals surface area contributed by atoms with Gasteiger partial charge in [-0.3, -0.25) is 0 Å². The van der Waals surface area contributed by atoms with Crippen LogP contribution in [-0.2, 0) is 6.54 Å². The number of hydrogen-bond donors (Lipinski definition) is 1. The van der Waals surface area contributed by atoms with Crippen molar-refractivity contribution in [2.45, 2.75) is 25.4 Å². The molecule has 0 aliphatic carbocycles. The third-order valence-electron chi connectivity index (χ3n) is 1.62. The zero-order valence-corrected chi connectivity index (χ0v) is 8.97. The first-order valence-electron chi connectivity index (χ1n) is 4.50. The van der Waals surface area contributed by atoms with Crippen LogP contribution in [0.15, 0.2) is 23.4 Å². The maximum absolute atomic E-state index is 5.60. The second-order valence-electron chi connectivity index (χ2n) is 3.38. The highest BCUT2D eigenvalue weighted by Crippen LogP contribution is 2.21. The predicted octanol–water partition coefficient (Wildman–Crippen LogP) is 2.29. The SMILES string of the molecule is CC(C)CSc1ncccc1CN. The second-order valence-corrected chi connectivity index (χ2v) is 4.39. The van der Waals surface area contributed by atoms with Crippen LogP contribution in [0.4, 0.5) is 0 Å². The highest BCUT2D eigenvalue weighted by atomic mass is 32.2. The smallest absolute Gasteiger partial charge is 0.100 e. The summed E-state index contributed by atoms with van der Waals surface area (Å²) in [5.41, 5.74) is 6.75. The van der Waals surface area contributed by atoms with Crippen molar-refractivity contribution in [3.05, 3.63) is 23.9 Å². The van der Waals surface area contributed by atoms with E-state index in [0.29, 0.717) is 12.5 Å². The fourth-order valence-corrected chi connectivity index (χ4v) is 1.92. The summed E-state index contributed by atoms with van der Waals surface area (Å²) in [6.07, 6.45) is 1.82. The van der Waals surface area contributed by atoms with Crippen molar-refractivity contribution >= 4 is 11.8 Å². The average Bonchev–Trinajstić information content (AvgIpc) is 2.15. The molecule has 0 saturated heterocycles. The maximum atomic E-state index is 5.60. The van der Waals surface area contributed by atoms with Gasteiger partial charge in [0.2, 0.25) is 0 Å². The van der Waals surface area contributed by atoms with Gasteiger partial charge in [0.15, 0.2) is 0 Å². The minimum absolute atomic E-state index is 0.578. The summed E-state index contributed by atoms with van der Waals surface area (Å²) in [6, 6.07) is 3.97. The molecule has 0 spiro atoms. The fraction of sp³-hybridized carbons (Fsp3) is 0.500. The highest BCUT2D eigenvalue weighted by Gasteiger charge is 2.03. The Balaban J connectivity index is 2.64. The zero-order valence-electron chi connectivity index (χ0n) is 8.16. The zero-order chi connectivity index (χ0) is 9.68. The van der Waals surface area contributed by atoms with Crippen LogP contribution in [0.1, 0.15) is 19.4 Å². The maximum Gasteiger partial charge on any atom is 0.100 e. The first-order valence-corrected chi connectivity index (χ1v) is 5.49. The number of thioether (sulfide) groups is 1. The van der Waals surface area contributed by atoms with E-state index >= 15 is 0 Å². The first kappa shape index (κ1) is 10.5. The minimum Gasteiger partial charge on any atom is -0.326 e. The van der Waals surface area contributed by atoms with E-state index in [-0.39, 0.29) is 0 Å². The van der Waals surface area contributed by atoms with E-state index in [9.17, 15) is 0 Å². The Morgan fingerprint density at radius 3 is 2.92 bits per heavy atom. The molecule has 0 aromatic carbocycles. The first-order chi connectivity index (χ1) is 6.24. The van der Waals surface area contributed by atoms with E-state index in [1.54, 1.807) is 11.8 Å². The number of hydrogen-bond acceptors (Lipinski definition) is 3. The van der Waals surface area contributed by atoms with Crippen molar-refractivity contribution in [1.82, 2.24) is 4.98 Å². The molecule has 1 heterocycles. The molecule has 2 N–H and O–H groups in total. The molecule has 0 fully saturated rings. The van der Waals surface area contributed by atoms with Gasteiger partial charge < -0.3 is 5.73 Å². The Bertz CT molecular complexity index is 261. The van der Waals surface area contributed by atoms with E-state index in [0.717, 1.165) is 16.3 Å². The molecule has 1 rings (SSSR count). The molecule has 0 atom stereocenters. The van der Waals surface area contributed by atoms with E-state index in [4.69, 9.17) is 5.73 Å². The quantitative estimate of drug-likeness (QED) is 0.751. The minimum atomic E-state index is 0.578. The van der Waals surface area contributed by atoms with Gasteiger partial charge >= 0.3 is 0 Å². The Hall–Kier alpha value is -0.540. The van der Waals surface area contributed by atoms with Gasteiger partial charge in [-0.25, -0.2) is 4.98 Å². The average molecular weight is 196 g/mol. The molecular weight excluding hydrogens is 180 g/mol. The molecule has 0 amide bonds. The molecule has 0 aliphatic heterocycles. The summed E-state index contributed by atoms with van der Waals surface area (Å²) < 4.78 is 0. The number of pyridine rings is 1. The Morgan fingerprint density at radius 2 is 2.31 bits per heavy atom. The van der Waals surface area contributed by atoms with Gasteiger partial charge in [0, 0.05) is 18.5 Å². The number of nitrogens with zero attached hydrogens (tertiary/aromatic N) is 1. The lowest BCUT2D eigenvalue weighted by Crippen LogP contribution is -2.01.